The molecule has 1 aromatic carbocycles. The van der Waals surface area contributed by atoms with Crippen molar-refractivity contribution in [2.75, 3.05) is 26.2 Å². The van der Waals surface area contributed by atoms with Crippen molar-refractivity contribution in [1.82, 2.24) is 18.9 Å². The molecule has 1 atom stereocenters. The number of nitro benzene ring substituents is 1. The van der Waals surface area contributed by atoms with Crippen molar-refractivity contribution < 1.29 is 14.0 Å². The molecule has 12 heteroatoms. The zero-order valence-electron chi connectivity index (χ0n) is 14.4. The van der Waals surface area contributed by atoms with Crippen molar-refractivity contribution in [1.29, 1.82) is 0 Å². The number of rotatable bonds is 7. The third-order valence-electron chi connectivity index (χ3n) is 4.31. The Bertz CT molecular complexity index is 842. The highest BCUT2D eigenvalue weighted by Crippen LogP contribution is 2.63. The van der Waals surface area contributed by atoms with Gasteiger partial charge in [-0.25, -0.2) is 14.3 Å². The second-order valence-electron chi connectivity index (χ2n) is 6.12. The third kappa shape index (κ3) is 4.70. The minimum absolute atomic E-state index is 0.0194. The van der Waals surface area contributed by atoms with Crippen LogP contribution < -0.4 is 0 Å². The lowest BCUT2D eigenvalue weighted by Crippen LogP contribution is -2.11. The molecule has 0 spiro atoms. The molecule has 2 aromatic rings. The number of nitro groups is 1. The predicted octanol–water partition coefficient (Wildman–Crippen LogP) is 4.37. The van der Waals surface area contributed by atoms with E-state index in [1.807, 2.05) is 16.3 Å². The predicted molar refractivity (Wildman–Crippen MR) is 119 cm³/mol. The summed E-state index contributed by atoms with van der Waals surface area (Å²) in [6, 6.07) is 4.79. The second-order valence-corrected chi connectivity index (χ2v) is 8.44. The van der Waals surface area contributed by atoms with Crippen LogP contribution in [0.25, 0.3) is 5.69 Å². The van der Waals surface area contributed by atoms with Crippen LogP contribution in [0.1, 0.15) is 18.6 Å². The number of hydrogen-bond donors (Lipinski definition) is 0. The maximum atomic E-state index is 13.1. The van der Waals surface area contributed by atoms with E-state index in [2.05, 4.69) is 42.2 Å². The van der Waals surface area contributed by atoms with Gasteiger partial charge in [0.1, 0.15) is 5.69 Å². The van der Waals surface area contributed by atoms with Gasteiger partial charge in [0.15, 0.2) is 0 Å². The van der Waals surface area contributed by atoms with Gasteiger partial charge in [-0.2, -0.15) is 0 Å². The molecule has 0 N–H and O–H groups in total. The van der Waals surface area contributed by atoms with Crippen LogP contribution in [0.4, 0.5) is 5.69 Å². The van der Waals surface area contributed by atoms with Gasteiger partial charge < -0.3 is 4.57 Å². The molecular formula is C15H18I2N5O4P. The van der Waals surface area contributed by atoms with E-state index >= 15 is 0 Å². The summed E-state index contributed by atoms with van der Waals surface area (Å²) in [5, 5.41) is 11.3. The summed E-state index contributed by atoms with van der Waals surface area (Å²) < 4.78 is 24.4. The topological polar surface area (TPSA) is 93.3 Å². The molecule has 4 rings (SSSR count). The largest absolute Gasteiger partial charge is 0.346 e. The molecule has 27 heavy (non-hydrogen) atoms. The van der Waals surface area contributed by atoms with Gasteiger partial charge in [0, 0.05) is 81.9 Å². The van der Waals surface area contributed by atoms with Crippen LogP contribution in [-0.2, 0) is 9.09 Å². The Morgan fingerprint density at radius 1 is 1.26 bits per heavy atom. The maximum Gasteiger partial charge on any atom is 0.346 e. The first-order valence-electron chi connectivity index (χ1n) is 8.19. The smallest absolute Gasteiger partial charge is 0.300 e. The minimum atomic E-state index is -2.96. The number of halogens is 2. The number of nitrogens with zero attached hydrogens (tertiary/aromatic N) is 5. The maximum absolute atomic E-state index is 13.1. The lowest BCUT2D eigenvalue weighted by molar-refractivity contribution is -0.384. The Balaban J connectivity index is 0.00000102. The van der Waals surface area contributed by atoms with Gasteiger partial charge in [-0.1, -0.05) is 0 Å². The Labute approximate surface area is 180 Å². The van der Waals surface area contributed by atoms with Crippen LogP contribution in [0.5, 0.6) is 0 Å². The van der Waals surface area contributed by atoms with Crippen LogP contribution in [0.2, 0.25) is 0 Å². The van der Waals surface area contributed by atoms with E-state index in [-0.39, 0.29) is 5.69 Å². The quantitative estimate of drug-likeness (QED) is 0.150. The zero-order valence-corrected chi connectivity index (χ0v) is 19.7. The van der Waals surface area contributed by atoms with E-state index in [9.17, 15) is 14.7 Å². The Morgan fingerprint density at radius 3 is 2.37 bits per heavy atom. The van der Waals surface area contributed by atoms with E-state index in [4.69, 9.17) is 4.52 Å². The summed E-state index contributed by atoms with van der Waals surface area (Å²) in [6.07, 6.45) is 4.27. The molecule has 0 aliphatic carbocycles. The highest BCUT2D eigenvalue weighted by atomic mass is 128. The molecule has 2 fully saturated rings. The van der Waals surface area contributed by atoms with Gasteiger partial charge in [-0.3, -0.25) is 19.2 Å². The van der Waals surface area contributed by atoms with Crippen molar-refractivity contribution >= 4 is 50.6 Å². The van der Waals surface area contributed by atoms with Crippen molar-refractivity contribution in [3.8, 4) is 5.69 Å². The standard InChI is InChI=1S/C15H18N5O4P.I2/c1-12(24-25(23,18-6-7-18)19-8-9-19)13-2-3-14(20(21)22)15(10-13)17-5-4-16-11-17;1-2/h2-5,10-12H,6-9H2,1H3;. The fraction of sp³-hybridized carbons (Fsp3) is 0.400. The van der Waals surface area contributed by atoms with Crippen molar-refractivity contribution in [2.45, 2.75) is 13.0 Å². The summed E-state index contributed by atoms with van der Waals surface area (Å²) in [4.78, 5) is 14.8. The first-order valence-corrected chi connectivity index (χ1v) is 16.0. The van der Waals surface area contributed by atoms with Crippen molar-refractivity contribution in [3.63, 3.8) is 0 Å². The highest BCUT2D eigenvalue weighted by Gasteiger charge is 2.50. The Kier molecular flexibility index (Phi) is 6.90. The van der Waals surface area contributed by atoms with Crippen LogP contribution in [0.15, 0.2) is 36.9 Å². The van der Waals surface area contributed by atoms with Gasteiger partial charge in [0.2, 0.25) is 0 Å². The fourth-order valence-electron chi connectivity index (χ4n) is 2.73. The minimum Gasteiger partial charge on any atom is -0.300 e. The average Bonchev–Trinajstić information content (AvgIpc) is 3.60. The molecule has 9 nitrogen and oxygen atoms in total. The Morgan fingerprint density at radius 2 is 1.89 bits per heavy atom. The molecule has 0 bridgehead atoms. The molecule has 3 heterocycles. The van der Waals surface area contributed by atoms with E-state index in [1.54, 1.807) is 29.1 Å². The number of benzene rings is 1. The third-order valence-corrected chi connectivity index (χ3v) is 7.13. The van der Waals surface area contributed by atoms with E-state index < -0.39 is 18.7 Å². The summed E-state index contributed by atoms with van der Waals surface area (Å²) in [6.45, 7) is 4.93. The number of aromatic nitrogens is 2. The molecule has 1 aromatic heterocycles. The van der Waals surface area contributed by atoms with Crippen molar-refractivity contribution in [3.05, 3.63) is 52.6 Å². The zero-order chi connectivity index (χ0) is 19.6. The molecule has 0 radical (unpaired) electrons. The number of hydrogen-bond acceptors (Lipinski definition) is 5. The Hall–Kier alpha value is -0.600. The molecule has 2 saturated heterocycles. The summed E-state index contributed by atoms with van der Waals surface area (Å²) in [7, 11) is -2.96. The molecule has 1 unspecified atom stereocenters. The first kappa shape index (κ1) is 21.1. The van der Waals surface area contributed by atoms with Crippen LogP contribution >= 0.6 is 44.9 Å². The molecular weight excluding hydrogens is 599 g/mol. The first-order chi connectivity index (χ1) is 13.0. The van der Waals surface area contributed by atoms with Crippen LogP contribution in [0, 0.1) is 10.1 Å². The fourth-order valence-corrected chi connectivity index (χ4v) is 5.08. The van der Waals surface area contributed by atoms with E-state index in [1.165, 1.54) is 12.4 Å². The molecule has 0 saturated carbocycles. The summed E-state index contributed by atoms with van der Waals surface area (Å²) in [5.74, 6) is 0. The van der Waals surface area contributed by atoms with Crippen LogP contribution in [-0.4, -0.2) is 50.0 Å². The molecule has 2 aliphatic heterocycles. The van der Waals surface area contributed by atoms with Gasteiger partial charge in [-0.15, -0.1) is 0 Å². The second kappa shape index (κ2) is 8.82. The van der Waals surface area contributed by atoms with E-state index in [0.29, 0.717) is 5.69 Å². The lowest BCUT2D eigenvalue weighted by Gasteiger charge is -2.24. The van der Waals surface area contributed by atoms with Crippen LogP contribution in [0.3, 0.4) is 0 Å². The molecule has 2 aliphatic rings. The van der Waals surface area contributed by atoms with Gasteiger partial charge in [-0.05, 0) is 24.6 Å². The van der Waals surface area contributed by atoms with Gasteiger partial charge in [0.05, 0.1) is 17.4 Å². The van der Waals surface area contributed by atoms with Gasteiger partial charge >= 0.3 is 7.67 Å². The number of imidazole rings is 1. The van der Waals surface area contributed by atoms with Crippen molar-refractivity contribution in [2.24, 2.45) is 0 Å². The molecule has 0 amide bonds. The lowest BCUT2D eigenvalue weighted by atomic mass is 10.1. The highest BCUT2D eigenvalue weighted by molar-refractivity contribution is 15.0. The molecule has 146 valence electrons. The normalized spacial score (nSPS) is 17.7. The average molecular weight is 617 g/mol. The van der Waals surface area contributed by atoms with E-state index in [0.717, 1.165) is 31.7 Å². The summed E-state index contributed by atoms with van der Waals surface area (Å²) in [5.41, 5.74) is 1.12. The SMILES string of the molecule is CC(OP(=O)(N1CC1)N1CC1)c1ccc([N+](=O)[O-])c(-n2ccnc2)c1.II. The monoisotopic (exact) mass is 617 g/mol. The summed E-state index contributed by atoms with van der Waals surface area (Å²) >= 11 is 4.24. The van der Waals surface area contributed by atoms with Gasteiger partial charge in [0.25, 0.3) is 5.69 Å².